The van der Waals surface area contributed by atoms with Crippen molar-refractivity contribution >= 4 is 0 Å². The number of nitrogens with one attached hydrogen (secondary N) is 2. The minimum Gasteiger partial charge on any atom is -0.315 e. The second-order valence-corrected chi connectivity index (χ2v) is 5.11. The number of rotatable bonds is 8. The van der Waals surface area contributed by atoms with Gasteiger partial charge in [-0.1, -0.05) is 19.1 Å². The number of hydrogen-bond donors (Lipinski definition) is 2. The highest BCUT2D eigenvalue weighted by Gasteiger charge is 2.02. The number of hydrogen-bond acceptors (Lipinski definition) is 3. The summed E-state index contributed by atoms with van der Waals surface area (Å²) in [4.78, 5) is 0. The van der Waals surface area contributed by atoms with Crippen LogP contribution in [0.25, 0.3) is 5.69 Å². The summed E-state index contributed by atoms with van der Waals surface area (Å²) in [7, 11) is 0. The molecule has 4 heteroatoms. The minimum absolute atomic E-state index is 0.468. The quantitative estimate of drug-likeness (QED) is 0.725. The highest BCUT2D eigenvalue weighted by atomic mass is 15.3. The molecule has 0 spiro atoms. The first-order valence-electron chi connectivity index (χ1n) is 7.32. The van der Waals surface area contributed by atoms with Gasteiger partial charge in [0, 0.05) is 31.5 Å². The van der Waals surface area contributed by atoms with Crippen LogP contribution in [0.1, 0.15) is 25.8 Å². The normalized spacial score (nSPS) is 12.5. The van der Waals surface area contributed by atoms with Gasteiger partial charge in [0.2, 0.25) is 0 Å². The first-order chi connectivity index (χ1) is 9.79. The van der Waals surface area contributed by atoms with Crippen molar-refractivity contribution in [1.82, 2.24) is 20.4 Å². The zero-order chi connectivity index (χ0) is 14.2. The molecular weight excluding hydrogens is 248 g/mol. The number of aromatic nitrogens is 2. The first-order valence-corrected chi connectivity index (χ1v) is 7.32. The predicted molar refractivity (Wildman–Crippen MR) is 83.0 cm³/mol. The molecule has 0 saturated heterocycles. The zero-order valence-corrected chi connectivity index (χ0v) is 12.3. The largest absolute Gasteiger partial charge is 0.315 e. The van der Waals surface area contributed by atoms with Crippen LogP contribution in [0.5, 0.6) is 0 Å². The second-order valence-electron chi connectivity index (χ2n) is 5.11. The lowest BCUT2D eigenvalue weighted by molar-refractivity contribution is 0.501. The van der Waals surface area contributed by atoms with E-state index in [-0.39, 0.29) is 0 Å². The topological polar surface area (TPSA) is 41.9 Å². The molecule has 0 bridgehead atoms. The molecule has 1 aromatic carbocycles. The van der Waals surface area contributed by atoms with Crippen molar-refractivity contribution in [2.45, 2.75) is 32.9 Å². The molecule has 1 unspecified atom stereocenters. The summed E-state index contributed by atoms with van der Waals surface area (Å²) < 4.78 is 1.88. The summed E-state index contributed by atoms with van der Waals surface area (Å²) in [5.41, 5.74) is 2.38. The summed E-state index contributed by atoms with van der Waals surface area (Å²) in [5.74, 6) is 0. The van der Waals surface area contributed by atoms with E-state index in [1.54, 1.807) is 6.20 Å². The highest BCUT2D eigenvalue weighted by Crippen LogP contribution is 2.09. The van der Waals surface area contributed by atoms with E-state index in [1.807, 2.05) is 16.9 Å². The van der Waals surface area contributed by atoms with Gasteiger partial charge in [-0.2, -0.15) is 5.10 Å². The van der Waals surface area contributed by atoms with E-state index in [2.05, 4.69) is 53.8 Å². The van der Waals surface area contributed by atoms with Crippen LogP contribution >= 0.6 is 0 Å². The number of benzene rings is 1. The van der Waals surface area contributed by atoms with Gasteiger partial charge in [-0.25, -0.2) is 4.68 Å². The molecule has 0 fully saturated rings. The van der Waals surface area contributed by atoms with Crippen LogP contribution in [0.4, 0.5) is 0 Å². The molecule has 4 nitrogen and oxygen atoms in total. The van der Waals surface area contributed by atoms with E-state index in [0.29, 0.717) is 6.04 Å². The molecule has 20 heavy (non-hydrogen) atoms. The Labute approximate surface area is 121 Å². The summed E-state index contributed by atoms with van der Waals surface area (Å²) in [6.45, 7) is 7.36. The molecule has 0 saturated carbocycles. The third-order valence-electron chi connectivity index (χ3n) is 3.21. The summed E-state index contributed by atoms with van der Waals surface area (Å²) in [5, 5.41) is 11.2. The Kier molecular flexibility index (Phi) is 5.77. The molecule has 2 aromatic rings. The summed E-state index contributed by atoms with van der Waals surface area (Å²) in [6, 6.07) is 10.9. The van der Waals surface area contributed by atoms with Crippen molar-refractivity contribution in [2.24, 2.45) is 0 Å². The Morgan fingerprint density at radius 2 is 2.20 bits per heavy atom. The van der Waals surface area contributed by atoms with Gasteiger partial charge in [-0.05, 0) is 43.7 Å². The fourth-order valence-corrected chi connectivity index (χ4v) is 2.09. The summed E-state index contributed by atoms with van der Waals surface area (Å²) in [6.07, 6.45) is 4.94. The molecule has 1 atom stereocenters. The third kappa shape index (κ3) is 4.47. The van der Waals surface area contributed by atoms with Crippen LogP contribution in [0.3, 0.4) is 0 Å². The molecule has 0 radical (unpaired) electrons. The fourth-order valence-electron chi connectivity index (χ4n) is 2.09. The van der Waals surface area contributed by atoms with Gasteiger partial charge in [0.25, 0.3) is 0 Å². The highest BCUT2D eigenvalue weighted by molar-refractivity contribution is 5.34. The van der Waals surface area contributed by atoms with E-state index in [0.717, 1.165) is 25.3 Å². The zero-order valence-electron chi connectivity index (χ0n) is 12.3. The van der Waals surface area contributed by atoms with Crippen molar-refractivity contribution in [3.8, 4) is 5.69 Å². The Bertz CT molecular complexity index is 493. The Morgan fingerprint density at radius 1 is 1.30 bits per heavy atom. The van der Waals surface area contributed by atoms with E-state index in [9.17, 15) is 0 Å². The molecule has 0 amide bonds. The predicted octanol–water partition coefficient (Wildman–Crippen LogP) is 2.35. The van der Waals surface area contributed by atoms with Crippen molar-refractivity contribution in [1.29, 1.82) is 0 Å². The lowest BCUT2D eigenvalue weighted by atomic mass is 10.2. The molecule has 0 aliphatic carbocycles. The Morgan fingerprint density at radius 3 is 2.95 bits per heavy atom. The lowest BCUT2D eigenvalue weighted by Crippen LogP contribution is -2.36. The van der Waals surface area contributed by atoms with Gasteiger partial charge in [-0.15, -0.1) is 0 Å². The SMILES string of the molecule is CCCNCC(C)NCc1cccc(-n2cccn2)c1. The van der Waals surface area contributed by atoms with E-state index < -0.39 is 0 Å². The number of nitrogens with zero attached hydrogens (tertiary/aromatic N) is 2. The van der Waals surface area contributed by atoms with Crippen LogP contribution in [0, 0.1) is 0 Å². The lowest BCUT2D eigenvalue weighted by Gasteiger charge is -2.15. The molecule has 0 aliphatic rings. The first kappa shape index (κ1) is 14.8. The van der Waals surface area contributed by atoms with Crippen molar-refractivity contribution in [3.05, 3.63) is 48.3 Å². The van der Waals surface area contributed by atoms with Crippen molar-refractivity contribution in [3.63, 3.8) is 0 Å². The minimum atomic E-state index is 0.468. The maximum atomic E-state index is 4.26. The summed E-state index contributed by atoms with van der Waals surface area (Å²) >= 11 is 0. The van der Waals surface area contributed by atoms with Gasteiger partial charge < -0.3 is 10.6 Å². The van der Waals surface area contributed by atoms with Gasteiger partial charge in [0.05, 0.1) is 5.69 Å². The standard InChI is InChI=1S/C16H24N4/c1-3-8-17-12-14(2)18-13-15-6-4-7-16(11-15)20-10-5-9-19-20/h4-7,9-11,14,17-18H,3,8,12-13H2,1-2H3. The molecule has 1 heterocycles. The van der Waals surface area contributed by atoms with Crippen LogP contribution < -0.4 is 10.6 Å². The molecule has 2 rings (SSSR count). The van der Waals surface area contributed by atoms with E-state index in [4.69, 9.17) is 0 Å². The van der Waals surface area contributed by atoms with Gasteiger partial charge in [0.15, 0.2) is 0 Å². The third-order valence-corrected chi connectivity index (χ3v) is 3.21. The van der Waals surface area contributed by atoms with Crippen molar-refractivity contribution < 1.29 is 0 Å². The smallest absolute Gasteiger partial charge is 0.0648 e. The second kappa shape index (κ2) is 7.82. The fraction of sp³-hybridized carbons (Fsp3) is 0.438. The van der Waals surface area contributed by atoms with Crippen LogP contribution in [-0.2, 0) is 6.54 Å². The molecule has 108 valence electrons. The Balaban J connectivity index is 1.85. The van der Waals surface area contributed by atoms with Gasteiger partial charge in [-0.3, -0.25) is 0 Å². The molecular formula is C16H24N4. The van der Waals surface area contributed by atoms with Gasteiger partial charge >= 0.3 is 0 Å². The van der Waals surface area contributed by atoms with E-state index >= 15 is 0 Å². The molecule has 2 N–H and O–H groups in total. The molecule has 1 aromatic heterocycles. The van der Waals surface area contributed by atoms with E-state index in [1.165, 1.54) is 12.0 Å². The van der Waals surface area contributed by atoms with Crippen molar-refractivity contribution in [2.75, 3.05) is 13.1 Å². The van der Waals surface area contributed by atoms with Crippen LogP contribution in [-0.4, -0.2) is 28.9 Å². The van der Waals surface area contributed by atoms with Crippen LogP contribution in [0.2, 0.25) is 0 Å². The maximum Gasteiger partial charge on any atom is 0.0648 e. The molecule has 0 aliphatic heterocycles. The van der Waals surface area contributed by atoms with Crippen LogP contribution in [0.15, 0.2) is 42.7 Å². The average molecular weight is 272 g/mol. The average Bonchev–Trinajstić information content (AvgIpc) is 3.00. The maximum absolute atomic E-state index is 4.26. The van der Waals surface area contributed by atoms with Gasteiger partial charge in [0.1, 0.15) is 0 Å². The Hall–Kier alpha value is -1.65. The monoisotopic (exact) mass is 272 g/mol.